The van der Waals surface area contributed by atoms with Crippen LogP contribution in [-0.2, 0) is 10.0 Å². The van der Waals surface area contributed by atoms with Crippen LogP contribution in [0.1, 0.15) is 43.7 Å². The highest BCUT2D eigenvalue weighted by molar-refractivity contribution is 7.90. The van der Waals surface area contributed by atoms with Gasteiger partial charge in [-0.25, -0.2) is 12.4 Å². The molecular formula is C25H26N2O4S. The number of nitrogens with zero attached hydrogens (tertiary/aromatic N) is 2. The third kappa shape index (κ3) is 2.94. The van der Waals surface area contributed by atoms with E-state index < -0.39 is 21.5 Å². The number of nitro groups is 1. The van der Waals surface area contributed by atoms with Gasteiger partial charge in [-0.1, -0.05) is 47.5 Å². The second kappa shape index (κ2) is 7.04. The van der Waals surface area contributed by atoms with E-state index in [4.69, 9.17) is 0 Å². The first kappa shape index (κ1) is 20.9. The van der Waals surface area contributed by atoms with Gasteiger partial charge in [0.15, 0.2) is 0 Å². The molecule has 0 saturated heterocycles. The van der Waals surface area contributed by atoms with Gasteiger partial charge in [0.1, 0.15) is 0 Å². The first-order valence-corrected chi connectivity index (χ1v) is 12.3. The second-order valence-corrected chi connectivity index (χ2v) is 11.3. The van der Waals surface area contributed by atoms with Gasteiger partial charge < -0.3 is 0 Å². The number of aromatic nitrogens is 1. The van der Waals surface area contributed by atoms with E-state index in [1.807, 2.05) is 32.9 Å². The summed E-state index contributed by atoms with van der Waals surface area (Å²) in [4.78, 5) is 12.3. The van der Waals surface area contributed by atoms with Gasteiger partial charge in [-0.3, -0.25) is 10.1 Å². The third-order valence-corrected chi connectivity index (χ3v) is 9.15. The van der Waals surface area contributed by atoms with E-state index in [9.17, 15) is 18.5 Å². The molecule has 6 rings (SSSR count). The SMILES string of the molecule is CC1=C[C@@]2(C)CC[C@@H]1[C@H](c1cn(S(=O)(=O)c3ccc(C)cc3)c3ccccc13)[C@H]2[N+](=O)[O-]. The Morgan fingerprint density at radius 2 is 1.78 bits per heavy atom. The van der Waals surface area contributed by atoms with Crippen LogP contribution in [0.4, 0.5) is 0 Å². The van der Waals surface area contributed by atoms with Gasteiger partial charge in [-0.15, -0.1) is 0 Å². The topological polar surface area (TPSA) is 82.2 Å². The Morgan fingerprint density at radius 3 is 2.44 bits per heavy atom. The maximum atomic E-state index is 13.6. The standard InChI is InChI=1S/C25H26N2O4S/c1-16-8-10-18(11-9-16)32(30,31)26-15-21(20-6-4-5-7-22(20)26)23-19-12-13-25(3,14-17(19)2)24(23)27(28)29/h4-11,14-15,19,23-24H,12-13H2,1-3H3/t19-,23+,24+,25+/m0/s1. The van der Waals surface area contributed by atoms with Gasteiger partial charge in [-0.05, 0) is 63.3 Å². The van der Waals surface area contributed by atoms with Crippen molar-refractivity contribution in [2.75, 3.05) is 0 Å². The summed E-state index contributed by atoms with van der Waals surface area (Å²) >= 11 is 0. The first-order valence-electron chi connectivity index (χ1n) is 10.9. The maximum Gasteiger partial charge on any atom is 0.268 e. The van der Waals surface area contributed by atoms with Crippen LogP contribution in [-0.4, -0.2) is 23.4 Å². The number of fused-ring (bicyclic) bond motifs is 3. The lowest BCUT2D eigenvalue weighted by atomic mass is 9.54. The Hall–Kier alpha value is -2.93. The molecule has 6 nitrogen and oxygen atoms in total. The van der Waals surface area contributed by atoms with Crippen molar-refractivity contribution in [2.24, 2.45) is 11.3 Å². The summed E-state index contributed by atoms with van der Waals surface area (Å²) in [5.74, 6) is -0.332. The fraction of sp³-hybridized carbons (Fsp3) is 0.360. The molecule has 1 aromatic heterocycles. The number of benzene rings is 2. The molecule has 2 bridgehead atoms. The Balaban J connectivity index is 1.74. The molecule has 2 aromatic carbocycles. The van der Waals surface area contributed by atoms with Crippen molar-refractivity contribution in [3.63, 3.8) is 0 Å². The molecule has 1 saturated carbocycles. The summed E-state index contributed by atoms with van der Waals surface area (Å²) in [5, 5.41) is 13.1. The number of allylic oxidation sites excluding steroid dienone is 1. The van der Waals surface area contributed by atoms with Crippen LogP contribution in [0.2, 0.25) is 0 Å². The molecule has 3 aliphatic rings. The number of hydrogen-bond donors (Lipinski definition) is 0. The quantitative estimate of drug-likeness (QED) is 0.307. The van der Waals surface area contributed by atoms with Crippen molar-refractivity contribution in [1.82, 2.24) is 3.97 Å². The van der Waals surface area contributed by atoms with Crippen LogP contribution < -0.4 is 0 Å². The van der Waals surface area contributed by atoms with Crippen molar-refractivity contribution in [3.8, 4) is 0 Å². The molecule has 32 heavy (non-hydrogen) atoms. The molecular weight excluding hydrogens is 424 g/mol. The largest absolute Gasteiger partial charge is 0.268 e. The fourth-order valence-electron chi connectivity index (χ4n) is 5.94. The molecule has 7 heteroatoms. The van der Waals surface area contributed by atoms with Gasteiger partial charge in [0.25, 0.3) is 10.0 Å². The Kier molecular flexibility index (Phi) is 4.60. The minimum Gasteiger partial charge on any atom is -0.264 e. The summed E-state index contributed by atoms with van der Waals surface area (Å²) in [7, 11) is -3.85. The highest BCUT2D eigenvalue weighted by Crippen LogP contribution is 2.57. The molecule has 0 aliphatic heterocycles. The molecule has 166 valence electrons. The maximum absolute atomic E-state index is 13.6. The van der Waals surface area contributed by atoms with E-state index in [1.54, 1.807) is 42.6 Å². The zero-order valence-corrected chi connectivity index (χ0v) is 19.2. The van der Waals surface area contributed by atoms with Gasteiger partial charge in [0.05, 0.1) is 21.7 Å². The highest BCUT2D eigenvalue weighted by Gasteiger charge is 2.57. The van der Waals surface area contributed by atoms with E-state index in [1.165, 1.54) is 9.55 Å². The monoisotopic (exact) mass is 450 g/mol. The van der Waals surface area contributed by atoms with Crippen LogP contribution in [0.5, 0.6) is 0 Å². The summed E-state index contributed by atoms with van der Waals surface area (Å²) in [5.41, 5.74) is 2.91. The second-order valence-electron chi connectivity index (χ2n) is 9.51. The molecule has 1 fully saturated rings. The molecule has 0 spiro atoms. The van der Waals surface area contributed by atoms with Crippen LogP contribution in [0, 0.1) is 28.4 Å². The molecule has 3 aliphatic carbocycles. The summed E-state index contributed by atoms with van der Waals surface area (Å²) in [6.45, 7) is 5.92. The zero-order valence-electron chi connectivity index (χ0n) is 18.4. The van der Waals surface area contributed by atoms with E-state index in [-0.39, 0.29) is 21.7 Å². The average Bonchev–Trinajstić information content (AvgIpc) is 3.13. The number of aryl methyl sites for hydroxylation is 1. The van der Waals surface area contributed by atoms with Crippen molar-refractivity contribution in [3.05, 3.63) is 87.6 Å². The minimum absolute atomic E-state index is 0.0357. The normalized spacial score (nSPS) is 27.5. The average molecular weight is 451 g/mol. The molecule has 3 aromatic rings. The van der Waals surface area contributed by atoms with Crippen LogP contribution in [0.25, 0.3) is 10.9 Å². The predicted octanol–water partition coefficient (Wildman–Crippen LogP) is 5.29. The summed E-state index contributed by atoms with van der Waals surface area (Å²) in [6.07, 6.45) is 5.36. The Morgan fingerprint density at radius 1 is 1.09 bits per heavy atom. The van der Waals surface area contributed by atoms with E-state index in [0.29, 0.717) is 5.52 Å². The number of para-hydroxylation sites is 1. The molecule has 0 N–H and O–H groups in total. The molecule has 0 unspecified atom stereocenters. The molecule has 4 atom stereocenters. The van der Waals surface area contributed by atoms with Crippen LogP contribution >= 0.6 is 0 Å². The minimum atomic E-state index is -3.85. The Labute approximate surface area is 187 Å². The van der Waals surface area contributed by atoms with Gasteiger partial charge in [0.2, 0.25) is 6.04 Å². The summed E-state index contributed by atoms with van der Waals surface area (Å²) in [6, 6.07) is 13.3. The summed E-state index contributed by atoms with van der Waals surface area (Å²) < 4.78 is 28.5. The van der Waals surface area contributed by atoms with Gasteiger partial charge in [-0.2, -0.15) is 0 Å². The van der Waals surface area contributed by atoms with Crippen molar-refractivity contribution < 1.29 is 13.3 Å². The van der Waals surface area contributed by atoms with Crippen molar-refractivity contribution >= 4 is 20.9 Å². The lowest BCUT2D eigenvalue weighted by Crippen LogP contribution is -2.51. The van der Waals surface area contributed by atoms with E-state index in [2.05, 4.69) is 6.08 Å². The van der Waals surface area contributed by atoms with E-state index in [0.717, 1.165) is 29.4 Å². The van der Waals surface area contributed by atoms with Crippen molar-refractivity contribution in [1.29, 1.82) is 0 Å². The third-order valence-electron chi connectivity index (χ3n) is 7.46. The fourth-order valence-corrected chi connectivity index (χ4v) is 7.32. The van der Waals surface area contributed by atoms with Crippen molar-refractivity contribution in [2.45, 2.75) is 50.5 Å². The van der Waals surface area contributed by atoms with Gasteiger partial charge in [0, 0.05) is 16.5 Å². The Bertz CT molecular complexity index is 1370. The van der Waals surface area contributed by atoms with Crippen LogP contribution in [0.15, 0.2) is 71.3 Å². The van der Waals surface area contributed by atoms with Crippen LogP contribution in [0.3, 0.4) is 0 Å². The number of hydrogen-bond acceptors (Lipinski definition) is 4. The van der Waals surface area contributed by atoms with Gasteiger partial charge >= 0.3 is 0 Å². The van der Waals surface area contributed by atoms with E-state index >= 15 is 0 Å². The smallest absolute Gasteiger partial charge is 0.264 e. The predicted molar refractivity (Wildman–Crippen MR) is 124 cm³/mol. The molecule has 0 radical (unpaired) electrons. The first-order chi connectivity index (χ1) is 15.1. The molecule has 1 heterocycles. The number of rotatable bonds is 4. The lowest BCUT2D eigenvalue weighted by molar-refractivity contribution is -0.548. The highest BCUT2D eigenvalue weighted by atomic mass is 32.2. The zero-order chi connectivity index (χ0) is 22.8. The molecule has 0 amide bonds. The lowest BCUT2D eigenvalue weighted by Gasteiger charge is -2.48.